The van der Waals surface area contributed by atoms with Crippen molar-refractivity contribution in [1.82, 2.24) is 0 Å². The van der Waals surface area contributed by atoms with E-state index in [1.165, 1.54) is 11.8 Å². The fraction of sp³-hybridized carbons (Fsp3) is 0.136. The second kappa shape index (κ2) is 9.29. The van der Waals surface area contributed by atoms with Gasteiger partial charge in [-0.05, 0) is 59.7 Å². The molecule has 1 heterocycles. The fourth-order valence-corrected chi connectivity index (χ4v) is 5.17. The molecule has 0 aromatic heterocycles. The molecule has 0 bridgehead atoms. The number of halogens is 4. The van der Waals surface area contributed by atoms with Crippen LogP contribution in [0.25, 0.3) is 0 Å². The standard InChI is InChI=1S/C22H15Cl4NO2S/c23-15-3-1-13(2-4-15)11-29-21-18(25)9-14(10-19(21)26)22-27(20(28)12-30-22)17-7-5-16(24)6-8-17/h1-10,22H,11-12H2/t22-/m1/s1. The zero-order chi connectivity index (χ0) is 21.3. The average Bonchev–Trinajstić information content (AvgIpc) is 3.11. The molecule has 1 atom stereocenters. The van der Waals surface area contributed by atoms with Gasteiger partial charge in [-0.1, -0.05) is 58.5 Å². The molecule has 0 N–H and O–H groups in total. The summed E-state index contributed by atoms with van der Waals surface area (Å²) in [4.78, 5) is 14.3. The van der Waals surface area contributed by atoms with Gasteiger partial charge in [-0.3, -0.25) is 9.69 Å². The van der Waals surface area contributed by atoms with Gasteiger partial charge in [0.2, 0.25) is 5.91 Å². The lowest BCUT2D eigenvalue weighted by Crippen LogP contribution is -2.27. The third-order valence-corrected chi connectivity index (χ3v) is 6.85. The predicted octanol–water partition coefficient (Wildman–Crippen LogP) is 7.66. The van der Waals surface area contributed by atoms with Gasteiger partial charge in [0.1, 0.15) is 12.0 Å². The van der Waals surface area contributed by atoms with E-state index < -0.39 is 0 Å². The van der Waals surface area contributed by atoms with E-state index >= 15 is 0 Å². The molecule has 30 heavy (non-hydrogen) atoms. The van der Waals surface area contributed by atoms with Crippen molar-refractivity contribution in [3.63, 3.8) is 0 Å². The number of carbonyl (C=O) groups is 1. The van der Waals surface area contributed by atoms with Crippen molar-refractivity contribution in [1.29, 1.82) is 0 Å². The van der Waals surface area contributed by atoms with Gasteiger partial charge in [0, 0.05) is 15.7 Å². The second-order valence-corrected chi connectivity index (χ2v) is 9.39. The number of hydrogen-bond donors (Lipinski definition) is 0. The topological polar surface area (TPSA) is 29.5 Å². The number of nitrogens with zero attached hydrogens (tertiary/aromatic N) is 1. The van der Waals surface area contributed by atoms with E-state index in [1.807, 2.05) is 24.3 Å². The Hall–Kier alpha value is -1.56. The van der Waals surface area contributed by atoms with Crippen LogP contribution in [0.15, 0.2) is 60.7 Å². The van der Waals surface area contributed by atoms with Crippen LogP contribution >= 0.6 is 58.2 Å². The summed E-state index contributed by atoms with van der Waals surface area (Å²) >= 11 is 26.4. The molecule has 1 saturated heterocycles. The van der Waals surface area contributed by atoms with Crippen molar-refractivity contribution >= 4 is 69.8 Å². The number of carbonyl (C=O) groups excluding carboxylic acids is 1. The van der Waals surface area contributed by atoms with Crippen LogP contribution in [0, 0.1) is 0 Å². The van der Waals surface area contributed by atoms with Crippen molar-refractivity contribution < 1.29 is 9.53 Å². The Bertz CT molecular complexity index is 1050. The average molecular weight is 499 g/mol. The number of benzene rings is 3. The summed E-state index contributed by atoms with van der Waals surface area (Å²) in [6.45, 7) is 0.309. The maximum Gasteiger partial charge on any atom is 0.238 e. The smallest absolute Gasteiger partial charge is 0.238 e. The third kappa shape index (κ3) is 4.68. The lowest BCUT2D eigenvalue weighted by Gasteiger charge is -2.25. The SMILES string of the molecule is O=C1CS[C@H](c2cc(Cl)c(OCc3ccc(Cl)cc3)c(Cl)c2)N1c1ccc(Cl)cc1. The van der Waals surface area contributed by atoms with Crippen LogP contribution in [-0.2, 0) is 11.4 Å². The summed E-state index contributed by atoms with van der Waals surface area (Å²) in [6.07, 6.45) is 0. The molecule has 8 heteroatoms. The van der Waals surface area contributed by atoms with Crippen molar-refractivity contribution in [3.8, 4) is 5.75 Å². The summed E-state index contributed by atoms with van der Waals surface area (Å²) in [5.41, 5.74) is 2.55. The largest absolute Gasteiger partial charge is 0.486 e. The Morgan fingerprint density at radius 2 is 1.47 bits per heavy atom. The molecule has 1 aliphatic heterocycles. The summed E-state index contributed by atoms with van der Waals surface area (Å²) in [6, 6.07) is 18.1. The van der Waals surface area contributed by atoms with E-state index in [2.05, 4.69) is 0 Å². The molecule has 1 aliphatic rings. The molecule has 1 fully saturated rings. The Kier molecular flexibility index (Phi) is 6.71. The van der Waals surface area contributed by atoms with Gasteiger partial charge in [0.25, 0.3) is 0 Å². The summed E-state index contributed by atoms with van der Waals surface area (Å²) in [7, 11) is 0. The van der Waals surface area contributed by atoms with Crippen LogP contribution in [-0.4, -0.2) is 11.7 Å². The monoisotopic (exact) mass is 497 g/mol. The van der Waals surface area contributed by atoms with Crippen molar-refractivity contribution in [3.05, 3.63) is 91.9 Å². The first-order valence-corrected chi connectivity index (χ1v) is 11.5. The Balaban J connectivity index is 1.58. The van der Waals surface area contributed by atoms with Gasteiger partial charge in [-0.15, -0.1) is 11.8 Å². The first-order chi connectivity index (χ1) is 14.4. The van der Waals surface area contributed by atoms with Crippen LogP contribution in [0.3, 0.4) is 0 Å². The Morgan fingerprint density at radius 1 is 0.900 bits per heavy atom. The molecule has 4 rings (SSSR count). The number of thioether (sulfide) groups is 1. The Morgan fingerprint density at radius 3 is 2.07 bits per heavy atom. The molecular weight excluding hydrogens is 484 g/mol. The normalized spacial score (nSPS) is 16.2. The molecule has 0 spiro atoms. The van der Waals surface area contributed by atoms with Crippen LogP contribution in [0.2, 0.25) is 20.1 Å². The number of ether oxygens (including phenoxy) is 1. The van der Waals surface area contributed by atoms with Crippen LogP contribution in [0.4, 0.5) is 5.69 Å². The maximum atomic E-state index is 12.5. The zero-order valence-corrected chi connectivity index (χ0v) is 19.3. The summed E-state index contributed by atoms with van der Waals surface area (Å²) in [5.74, 6) is 0.796. The number of amides is 1. The van der Waals surface area contributed by atoms with Crippen molar-refractivity contribution in [2.75, 3.05) is 10.7 Å². The van der Waals surface area contributed by atoms with Gasteiger partial charge >= 0.3 is 0 Å². The highest BCUT2D eigenvalue weighted by atomic mass is 35.5. The summed E-state index contributed by atoms with van der Waals surface area (Å²) in [5, 5.41) is 1.82. The minimum absolute atomic E-state index is 0.0163. The van der Waals surface area contributed by atoms with Crippen molar-refractivity contribution in [2.45, 2.75) is 12.0 Å². The van der Waals surface area contributed by atoms with Crippen LogP contribution in [0.1, 0.15) is 16.5 Å². The lowest BCUT2D eigenvalue weighted by molar-refractivity contribution is -0.115. The third-order valence-electron chi connectivity index (χ3n) is 4.57. The van der Waals surface area contributed by atoms with Gasteiger partial charge < -0.3 is 4.74 Å². The minimum atomic E-state index is -0.237. The molecule has 3 aromatic carbocycles. The minimum Gasteiger partial charge on any atom is -0.486 e. The predicted molar refractivity (Wildman–Crippen MR) is 126 cm³/mol. The Labute approximate surface area is 198 Å². The number of anilines is 1. The quantitative estimate of drug-likeness (QED) is 0.361. The lowest BCUT2D eigenvalue weighted by atomic mass is 10.1. The van der Waals surface area contributed by atoms with Gasteiger partial charge in [-0.25, -0.2) is 0 Å². The highest BCUT2D eigenvalue weighted by molar-refractivity contribution is 8.00. The molecule has 0 aliphatic carbocycles. The van der Waals surface area contributed by atoms with E-state index in [-0.39, 0.29) is 11.3 Å². The number of hydrogen-bond acceptors (Lipinski definition) is 3. The van der Waals surface area contributed by atoms with Gasteiger partial charge in [0.05, 0.1) is 15.8 Å². The van der Waals surface area contributed by atoms with E-state index in [0.29, 0.717) is 38.2 Å². The zero-order valence-electron chi connectivity index (χ0n) is 15.4. The number of rotatable bonds is 5. The molecular formula is C22H15Cl4NO2S. The van der Waals surface area contributed by atoms with Gasteiger partial charge in [0.15, 0.2) is 5.75 Å². The summed E-state index contributed by atoms with van der Waals surface area (Å²) < 4.78 is 5.85. The van der Waals surface area contributed by atoms with E-state index in [1.54, 1.807) is 41.3 Å². The first-order valence-electron chi connectivity index (χ1n) is 8.98. The van der Waals surface area contributed by atoms with E-state index in [4.69, 9.17) is 51.1 Å². The van der Waals surface area contributed by atoms with Crippen molar-refractivity contribution in [2.24, 2.45) is 0 Å². The molecule has 3 aromatic rings. The molecule has 0 saturated carbocycles. The first kappa shape index (κ1) is 21.7. The highest BCUT2D eigenvalue weighted by Crippen LogP contribution is 2.45. The molecule has 0 unspecified atom stereocenters. The maximum absolute atomic E-state index is 12.5. The fourth-order valence-electron chi connectivity index (χ4n) is 3.15. The molecule has 3 nitrogen and oxygen atoms in total. The molecule has 1 amide bonds. The van der Waals surface area contributed by atoms with Crippen LogP contribution in [0.5, 0.6) is 5.75 Å². The highest BCUT2D eigenvalue weighted by Gasteiger charge is 2.34. The molecule has 0 radical (unpaired) electrons. The van der Waals surface area contributed by atoms with E-state index in [0.717, 1.165) is 16.8 Å². The van der Waals surface area contributed by atoms with Gasteiger partial charge in [-0.2, -0.15) is 0 Å². The second-order valence-electron chi connectivity index (χ2n) is 6.63. The van der Waals surface area contributed by atoms with E-state index in [9.17, 15) is 4.79 Å². The van der Waals surface area contributed by atoms with Crippen LogP contribution < -0.4 is 9.64 Å². The molecule has 154 valence electrons.